The summed E-state index contributed by atoms with van der Waals surface area (Å²) in [5.74, 6) is 1.46. The second-order valence-electron chi connectivity index (χ2n) is 6.30. The summed E-state index contributed by atoms with van der Waals surface area (Å²) in [5, 5.41) is 2.97. The van der Waals surface area contributed by atoms with Crippen molar-refractivity contribution in [2.24, 2.45) is 0 Å². The average molecular weight is 378 g/mol. The molecule has 0 saturated heterocycles. The minimum Gasteiger partial charge on any atom is -0.496 e. The van der Waals surface area contributed by atoms with E-state index in [1.165, 1.54) is 10.5 Å². The molecule has 0 saturated carbocycles. The van der Waals surface area contributed by atoms with Crippen LogP contribution in [-0.4, -0.2) is 13.0 Å². The first-order valence-corrected chi connectivity index (χ1v) is 9.83. The van der Waals surface area contributed by atoms with Gasteiger partial charge in [0.05, 0.1) is 7.11 Å². The number of thioether (sulfide) groups is 1. The summed E-state index contributed by atoms with van der Waals surface area (Å²) in [5.41, 5.74) is 3.98. The van der Waals surface area contributed by atoms with Crippen molar-refractivity contribution < 1.29 is 9.53 Å². The second-order valence-corrected chi connectivity index (χ2v) is 7.35. The Morgan fingerprint density at radius 2 is 1.74 bits per heavy atom. The van der Waals surface area contributed by atoms with E-state index in [0.717, 1.165) is 22.6 Å². The highest BCUT2D eigenvalue weighted by Crippen LogP contribution is 2.29. The molecule has 0 aliphatic carbocycles. The van der Waals surface area contributed by atoms with Crippen molar-refractivity contribution in [3.05, 3.63) is 95.1 Å². The Hall–Kier alpha value is -2.72. The SMILES string of the molecule is COc1ccc(C(=O)NCc2ccccc2)cc1CSc1ccc(C)cc1. The smallest absolute Gasteiger partial charge is 0.251 e. The van der Waals surface area contributed by atoms with Gasteiger partial charge in [0.15, 0.2) is 0 Å². The fourth-order valence-corrected chi connectivity index (χ4v) is 3.58. The normalized spacial score (nSPS) is 10.4. The third-order valence-electron chi connectivity index (χ3n) is 4.25. The van der Waals surface area contributed by atoms with Crippen molar-refractivity contribution in [2.75, 3.05) is 7.11 Å². The predicted octanol–water partition coefficient (Wildman–Crippen LogP) is 5.23. The molecule has 3 nitrogen and oxygen atoms in total. The van der Waals surface area contributed by atoms with Crippen molar-refractivity contribution in [3.8, 4) is 5.75 Å². The lowest BCUT2D eigenvalue weighted by Gasteiger charge is -2.11. The first-order valence-electron chi connectivity index (χ1n) is 8.84. The van der Waals surface area contributed by atoms with Gasteiger partial charge >= 0.3 is 0 Å². The molecule has 1 N–H and O–H groups in total. The van der Waals surface area contributed by atoms with E-state index in [1.54, 1.807) is 24.9 Å². The van der Waals surface area contributed by atoms with Crippen LogP contribution in [0.1, 0.15) is 27.0 Å². The van der Waals surface area contributed by atoms with Crippen LogP contribution in [-0.2, 0) is 12.3 Å². The predicted molar refractivity (Wildman–Crippen MR) is 111 cm³/mol. The number of hydrogen-bond donors (Lipinski definition) is 1. The fourth-order valence-electron chi connectivity index (χ4n) is 2.71. The maximum absolute atomic E-state index is 12.5. The Balaban J connectivity index is 1.68. The molecule has 27 heavy (non-hydrogen) atoms. The fraction of sp³-hybridized carbons (Fsp3) is 0.174. The summed E-state index contributed by atoms with van der Waals surface area (Å²) in [4.78, 5) is 13.7. The molecule has 3 aromatic rings. The van der Waals surface area contributed by atoms with E-state index in [4.69, 9.17) is 4.74 Å². The highest BCUT2D eigenvalue weighted by molar-refractivity contribution is 7.98. The molecular weight excluding hydrogens is 354 g/mol. The molecule has 1 amide bonds. The van der Waals surface area contributed by atoms with Crippen molar-refractivity contribution in [3.63, 3.8) is 0 Å². The van der Waals surface area contributed by atoms with Gasteiger partial charge in [0, 0.05) is 28.3 Å². The third-order valence-corrected chi connectivity index (χ3v) is 5.31. The van der Waals surface area contributed by atoms with Gasteiger partial charge in [0.1, 0.15) is 5.75 Å². The Kier molecular flexibility index (Phi) is 6.55. The molecule has 3 aromatic carbocycles. The van der Waals surface area contributed by atoms with Gasteiger partial charge in [-0.2, -0.15) is 0 Å². The summed E-state index contributed by atoms with van der Waals surface area (Å²) in [6, 6.07) is 23.9. The molecule has 0 atom stereocenters. The number of hydrogen-bond acceptors (Lipinski definition) is 3. The van der Waals surface area contributed by atoms with Crippen LogP contribution in [0.2, 0.25) is 0 Å². The zero-order chi connectivity index (χ0) is 19.1. The molecule has 0 radical (unpaired) electrons. The summed E-state index contributed by atoms with van der Waals surface area (Å²) in [6.07, 6.45) is 0. The van der Waals surface area contributed by atoms with Crippen LogP contribution in [0.5, 0.6) is 5.75 Å². The van der Waals surface area contributed by atoms with E-state index in [-0.39, 0.29) is 5.91 Å². The molecule has 0 aliphatic heterocycles. The van der Waals surface area contributed by atoms with Crippen LogP contribution in [0, 0.1) is 6.92 Å². The molecular formula is C23H23NO2S. The highest BCUT2D eigenvalue weighted by atomic mass is 32.2. The molecule has 3 rings (SSSR count). The second kappa shape index (κ2) is 9.28. The van der Waals surface area contributed by atoms with Gasteiger partial charge in [0.25, 0.3) is 5.91 Å². The van der Waals surface area contributed by atoms with Gasteiger partial charge in [-0.05, 0) is 42.8 Å². The van der Waals surface area contributed by atoms with Crippen LogP contribution >= 0.6 is 11.8 Å². The molecule has 138 valence electrons. The monoisotopic (exact) mass is 377 g/mol. The molecule has 0 bridgehead atoms. The Morgan fingerprint density at radius 3 is 2.44 bits per heavy atom. The molecule has 0 aliphatic rings. The van der Waals surface area contributed by atoms with Crippen molar-refractivity contribution in [1.29, 1.82) is 0 Å². The Morgan fingerprint density at radius 1 is 1.00 bits per heavy atom. The number of rotatable bonds is 7. The van der Waals surface area contributed by atoms with E-state index in [0.29, 0.717) is 12.1 Å². The Bertz CT molecular complexity index is 892. The topological polar surface area (TPSA) is 38.3 Å². The van der Waals surface area contributed by atoms with Gasteiger partial charge < -0.3 is 10.1 Å². The van der Waals surface area contributed by atoms with E-state index < -0.39 is 0 Å². The van der Waals surface area contributed by atoms with E-state index in [2.05, 4.69) is 36.5 Å². The first kappa shape index (κ1) is 19.1. The molecule has 0 spiro atoms. The number of ether oxygens (including phenoxy) is 1. The molecule has 0 unspecified atom stereocenters. The van der Waals surface area contributed by atoms with Gasteiger partial charge in [0.2, 0.25) is 0 Å². The van der Waals surface area contributed by atoms with E-state index in [1.807, 2.05) is 42.5 Å². The van der Waals surface area contributed by atoms with Crippen LogP contribution < -0.4 is 10.1 Å². The number of aryl methyl sites for hydroxylation is 1. The molecule has 0 heterocycles. The highest BCUT2D eigenvalue weighted by Gasteiger charge is 2.11. The summed E-state index contributed by atoms with van der Waals surface area (Å²) >= 11 is 1.73. The zero-order valence-electron chi connectivity index (χ0n) is 15.6. The standard InChI is InChI=1S/C23H23NO2S/c1-17-8-11-21(12-9-17)27-16-20-14-19(10-13-22(20)26-2)23(25)24-15-18-6-4-3-5-7-18/h3-14H,15-16H2,1-2H3,(H,24,25). The van der Waals surface area contributed by atoms with Gasteiger partial charge in [-0.1, -0.05) is 48.0 Å². The van der Waals surface area contributed by atoms with Gasteiger partial charge in [-0.3, -0.25) is 4.79 Å². The lowest BCUT2D eigenvalue weighted by atomic mass is 10.1. The molecule has 4 heteroatoms. The molecule has 0 fully saturated rings. The van der Waals surface area contributed by atoms with Crippen molar-refractivity contribution in [2.45, 2.75) is 24.1 Å². The van der Waals surface area contributed by atoms with Crippen molar-refractivity contribution in [1.82, 2.24) is 5.32 Å². The summed E-state index contributed by atoms with van der Waals surface area (Å²) < 4.78 is 5.47. The summed E-state index contributed by atoms with van der Waals surface area (Å²) in [6.45, 7) is 2.59. The lowest BCUT2D eigenvalue weighted by Crippen LogP contribution is -2.22. The largest absolute Gasteiger partial charge is 0.496 e. The van der Waals surface area contributed by atoms with Crippen LogP contribution in [0.25, 0.3) is 0 Å². The number of methoxy groups -OCH3 is 1. The number of carbonyl (C=O) groups excluding carboxylic acids is 1. The van der Waals surface area contributed by atoms with Crippen LogP contribution in [0.15, 0.2) is 77.7 Å². The van der Waals surface area contributed by atoms with Gasteiger partial charge in [-0.25, -0.2) is 0 Å². The van der Waals surface area contributed by atoms with E-state index >= 15 is 0 Å². The number of benzene rings is 3. The minimum absolute atomic E-state index is 0.0805. The average Bonchev–Trinajstić information content (AvgIpc) is 2.72. The van der Waals surface area contributed by atoms with Crippen molar-refractivity contribution >= 4 is 17.7 Å². The van der Waals surface area contributed by atoms with E-state index in [9.17, 15) is 4.79 Å². The zero-order valence-corrected chi connectivity index (χ0v) is 16.4. The number of carbonyl (C=O) groups is 1. The maximum Gasteiger partial charge on any atom is 0.251 e. The van der Waals surface area contributed by atoms with Crippen LogP contribution in [0.4, 0.5) is 0 Å². The minimum atomic E-state index is -0.0805. The van der Waals surface area contributed by atoms with Gasteiger partial charge in [-0.15, -0.1) is 11.8 Å². The third kappa shape index (κ3) is 5.38. The lowest BCUT2D eigenvalue weighted by molar-refractivity contribution is 0.0951. The number of nitrogens with one attached hydrogen (secondary N) is 1. The Labute approximate surface area is 164 Å². The summed E-state index contributed by atoms with van der Waals surface area (Å²) in [7, 11) is 1.66. The number of amides is 1. The van der Waals surface area contributed by atoms with Crippen LogP contribution in [0.3, 0.4) is 0 Å². The maximum atomic E-state index is 12.5. The first-order chi connectivity index (χ1) is 13.2. The molecule has 0 aromatic heterocycles. The quantitative estimate of drug-likeness (QED) is 0.573.